The van der Waals surface area contributed by atoms with Gasteiger partial charge in [0.05, 0.1) is 17.6 Å². The first kappa shape index (κ1) is 13.5. The molecule has 0 heterocycles. The molecule has 0 aliphatic heterocycles. The predicted octanol–water partition coefficient (Wildman–Crippen LogP) is 1.17. The summed E-state index contributed by atoms with van der Waals surface area (Å²) in [5.74, 6) is -1.48. The van der Waals surface area contributed by atoms with Crippen molar-refractivity contribution in [1.82, 2.24) is 4.90 Å². The van der Waals surface area contributed by atoms with E-state index in [9.17, 15) is 9.18 Å². The van der Waals surface area contributed by atoms with Gasteiger partial charge in [-0.3, -0.25) is 9.69 Å². The molecular formula is C11H13FN2O2S. The van der Waals surface area contributed by atoms with Crippen molar-refractivity contribution in [3.63, 3.8) is 0 Å². The molecule has 0 amide bonds. The van der Waals surface area contributed by atoms with Crippen molar-refractivity contribution in [2.45, 2.75) is 6.04 Å². The normalized spacial score (nSPS) is 12.4. The Hall–Kier alpha value is -1.53. The van der Waals surface area contributed by atoms with Crippen LogP contribution in [0.4, 0.5) is 4.39 Å². The van der Waals surface area contributed by atoms with Gasteiger partial charge in [0.15, 0.2) is 0 Å². The summed E-state index contributed by atoms with van der Waals surface area (Å²) in [4.78, 5) is 12.1. The molecule has 0 saturated heterocycles. The molecule has 1 aromatic rings. The Kier molecular flexibility index (Phi) is 4.53. The summed E-state index contributed by atoms with van der Waals surface area (Å²) in [7, 11) is 1.53. The molecule has 6 heteroatoms. The van der Waals surface area contributed by atoms with Gasteiger partial charge < -0.3 is 10.8 Å². The number of aliphatic carboxylic acids is 1. The molecule has 0 saturated carbocycles. The summed E-state index contributed by atoms with van der Waals surface area (Å²) < 4.78 is 13.6. The Morgan fingerprint density at radius 3 is 2.65 bits per heavy atom. The van der Waals surface area contributed by atoms with Crippen LogP contribution >= 0.6 is 12.2 Å². The lowest BCUT2D eigenvalue weighted by atomic mass is 10.1. The number of nitrogens with zero attached hydrogens (tertiary/aromatic N) is 1. The third-order valence-electron chi connectivity index (χ3n) is 2.29. The van der Waals surface area contributed by atoms with Gasteiger partial charge >= 0.3 is 5.97 Å². The summed E-state index contributed by atoms with van der Waals surface area (Å²) in [6.07, 6.45) is 0. The molecule has 1 aromatic carbocycles. The first-order valence-corrected chi connectivity index (χ1v) is 5.30. The van der Waals surface area contributed by atoms with Crippen LogP contribution in [0.5, 0.6) is 0 Å². The van der Waals surface area contributed by atoms with Gasteiger partial charge in [-0.2, -0.15) is 0 Å². The average molecular weight is 256 g/mol. The molecule has 3 N–H and O–H groups in total. The highest BCUT2D eigenvalue weighted by Crippen LogP contribution is 2.22. The number of likely N-dealkylation sites (N-methyl/N-ethyl adjacent to an activating group) is 1. The van der Waals surface area contributed by atoms with E-state index in [2.05, 4.69) is 0 Å². The Labute approximate surface area is 104 Å². The zero-order chi connectivity index (χ0) is 13.0. The second-order valence-electron chi connectivity index (χ2n) is 3.64. The summed E-state index contributed by atoms with van der Waals surface area (Å²) in [5, 5.41) is 8.71. The molecule has 1 atom stereocenters. The number of carbonyl (C=O) groups is 1. The molecule has 0 aliphatic carbocycles. The van der Waals surface area contributed by atoms with Gasteiger partial charge in [-0.15, -0.1) is 0 Å². The monoisotopic (exact) mass is 256 g/mol. The lowest BCUT2D eigenvalue weighted by Crippen LogP contribution is -2.37. The first-order valence-electron chi connectivity index (χ1n) is 4.89. The number of hydrogen-bond acceptors (Lipinski definition) is 3. The predicted molar refractivity (Wildman–Crippen MR) is 66.2 cm³/mol. The minimum absolute atomic E-state index is 0.0406. The third-order valence-corrected chi connectivity index (χ3v) is 2.52. The Bertz CT molecular complexity index is 439. The van der Waals surface area contributed by atoms with Crippen molar-refractivity contribution in [2.75, 3.05) is 13.6 Å². The van der Waals surface area contributed by atoms with E-state index in [-0.39, 0.29) is 17.1 Å². The van der Waals surface area contributed by atoms with Gasteiger partial charge in [-0.25, -0.2) is 4.39 Å². The molecule has 92 valence electrons. The topological polar surface area (TPSA) is 66.6 Å². The van der Waals surface area contributed by atoms with E-state index in [1.54, 1.807) is 12.1 Å². The summed E-state index contributed by atoms with van der Waals surface area (Å²) >= 11 is 4.86. The highest BCUT2D eigenvalue weighted by atomic mass is 32.1. The number of carboxylic acids is 1. The molecule has 1 unspecified atom stereocenters. The van der Waals surface area contributed by atoms with E-state index in [0.29, 0.717) is 0 Å². The fourth-order valence-corrected chi connectivity index (χ4v) is 1.92. The van der Waals surface area contributed by atoms with Crippen LogP contribution < -0.4 is 5.73 Å². The van der Waals surface area contributed by atoms with Crippen molar-refractivity contribution >= 4 is 23.2 Å². The van der Waals surface area contributed by atoms with Crippen LogP contribution in [0.25, 0.3) is 0 Å². The van der Waals surface area contributed by atoms with Crippen LogP contribution in [0.15, 0.2) is 24.3 Å². The van der Waals surface area contributed by atoms with Crippen LogP contribution in [0, 0.1) is 5.82 Å². The van der Waals surface area contributed by atoms with Gasteiger partial charge in [0.1, 0.15) is 5.82 Å². The van der Waals surface area contributed by atoms with Gasteiger partial charge in [0.25, 0.3) is 0 Å². The highest BCUT2D eigenvalue weighted by molar-refractivity contribution is 7.80. The molecule has 17 heavy (non-hydrogen) atoms. The number of halogens is 1. The average Bonchev–Trinajstić information content (AvgIpc) is 2.19. The molecule has 0 fully saturated rings. The van der Waals surface area contributed by atoms with Crippen molar-refractivity contribution in [2.24, 2.45) is 5.73 Å². The van der Waals surface area contributed by atoms with E-state index >= 15 is 0 Å². The van der Waals surface area contributed by atoms with Gasteiger partial charge in [0.2, 0.25) is 0 Å². The third kappa shape index (κ3) is 3.47. The Balaban J connectivity index is 3.06. The Morgan fingerprint density at radius 2 is 2.18 bits per heavy atom. The molecule has 4 nitrogen and oxygen atoms in total. The van der Waals surface area contributed by atoms with Crippen LogP contribution in [0.1, 0.15) is 11.6 Å². The van der Waals surface area contributed by atoms with E-state index in [4.69, 9.17) is 23.1 Å². The standard InChI is InChI=1S/C11H13FN2O2S/c1-14(6-9(15)16)10(11(13)17)7-4-2-3-5-8(7)12/h2-5,10H,6H2,1H3,(H2,13,17)(H,15,16). The Morgan fingerprint density at radius 1 is 1.59 bits per heavy atom. The van der Waals surface area contributed by atoms with Gasteiger partial charge in [-0.05, 0) is 13.1 Å². The molecule has 0 bridgehead atoms. The van der Waals surface area contributed by atoms with Crippen LogP contribution in [0.3, 0.4) is 0 Å². The van der Waals surface area contributed by atoms with E-state index in [1.807, 2.05) is 0 Å². The van der Waals surface area contributed by atoms with Crippen molar-refractivity contribution in [1.29, 1.82) is 0 Å². The van der Waals surface area contributed by atoms with E-state index < -0.39 is 17.8 Å². The van der Waals surface area contributed by atoms with E-state index in [0.717, 1.165) is 0 Å². The maximum absolute atomic E-state index is 13.6. The molecule has 1 rings (SSSR count). The summed E-state index contributed by atoms with van der Waals surface area (Å²) in [5.41, 5.74) is 5.83. The smallest absolute Gasteiger partial charge is 0.317 e. The van der Waals surface area contributed by atoms with Gasteiger partial charge in [0, 0.05) is 5.56 Å². The SMILES string of the molecule is CN(CC(=O)O)C(C(N)=S)c1ccccc1F. The maximum Gasteiger partial charge on any atom is 0.317 e. The zero-order valence-electron chi connectivity index (χ0n) is 9.26. The van der Waals surface area contributed by atoms with E-state index in [1.165, 1.54) is 24.1 Å². The number of rotatable bonds is 5. The molecule has 0 radical (unpaired) electrons. The molecule has 0 spiro atoms. The zero-order valence-corrected chi connectivity index (χ0v) is 10.1. The van der Waals surface area contributed by atoms with Gasteiger partial charge in [-0.1, -0.05) is 30.4 Å². The number of nitrogens with two attached hydrogens (primary N) is 1. The minimum atomic E-state index is -1.02. The number of hydrogen-bond donors (Lipinski definition) is 2. The van der Waals surface area contributed by atoms with Crippen LogP contribution in [-0.2, 0) is 4.79 Å². The maximum atomic E-state index is 13.6. The lowest BCUT2D eigenvalue weighted by molar-refractivity contribution is -0.138. The highest BCUT2D eigenvalue weighted by Gasteiger charge is 2.24. The number of benzene rings is 1. The quantitative estimate of drug-likeness (QED) is 0.774. The molecule has 0 aliphatic rings. The number of carboxylic acid groups (broad SMARTS) is 1. The fourth-order valence-electron chi connectivity index (χ4n) is 1.61. The summed E-state index contributed by atoms with van der Waals surface area (Å²) in [6, 6.07) is 5.31. The second-order valence-corrected chi connectivity index (χ2v) is 4.11. The summed E-state index contributed by atoms with van der Waals surface area (Å²) in [6.45, 7) is -0.268. The van der Waals surface area contributed by atoms with Crippen molar-refractivity contribution < 1.29 is 14.3 Å². The van der Waals surface area contributed by atoms with Crippen molar-refractivity contribution in [3.05, 3.63) is 35.6 Å². The largest absolute Gasteiger partial charge is 0.480 e. The van der Waals surface area contributed by atoms with Crippen LogP contribution in [0.2, 0.25) is 0 Å². The fraction of sp³-hybridized carbons (Fsp3) is 0.273. The first-order chi connectivity index (χ1) is 7.93. The second kappa shape index (κ2) is 5.70. The number of thiocarbonyl (C=S) groups is 1. The van der Waals surface area contributed by atoms with Crippen LogP contribution in [-0.4, -0.2) is 34.6 Å². The minimum Gasteiger partial charge on any atom is -0.480 e. The lowest BCUT2D eigenvalue weighted by Gasteiger charge is -2.26. The van der Waals surface area contributed by atoms with Crippen molar-refractivity contribution in [3.8, 4) is 0 Å². The molecule has 0 aromatic heterocycles. The molecular weight excluding hydrogens is 243 g/mol.